The van der Waals surface area contributed by atoms with E-state index in [1.54, 1.807) is 18.4 Å². The van der Waals surface area contributed by atoms with E-state index in [-0.39, 0.29) is 24.0 Å². The number of hydrogen-bond donors (Lipinski definition) is 2. The van der Waals surface area contributed by atoms with Gasteiger partial charge in [-0.3, -0.25) is 9.89 Å². The molecular formula is C19H28IN5OS. The molecule has 0 radical (unpaired) electrons. The Bertz CT molecular complexity index is 713. The maximum absolute atomic E-state index is 5.40. The van der Waals surface area contributed by atoms with E-state index in [9.17, 15) is 0 Å². The minimum atomic E-state index is 0. The predicted octanol–water partition coefficient (Wildman–Crippen LogP) is 2.77. The average Bonchev–Trinajstić information content (AvgIpc) is 3.09. The molecule has 1 aliphatic heterocycles. The maximum Gasteiger partial charge on any atom is 0.191 e. The zero-order valence-electron chi connectivity index (χ0n) is 15.9. The fourth-order valence-electron chi connectivity index (χ4n) is 2.83. The van der Waals surface area contributed by atoms with Crippen LogP contribution >= 0.6 is 35.3 Å². The lowest BCUT2D eigenvalue weighted by atomic mass is 10.1. The summed E-state index contributed by atoms with van der Waals surface area (Å²) in [5.41, 5.74) is 2.58. The van der Waals surface area contributed by atoms with E-state index < -0.39 is 0 Å². The monoisotopic (exact) mass is 501 g/mol. The SMILES string of the molecule is CN=C(NCc1ccc(CN2CCOCC2)cc1)NCc1ncc(C)s1.I. The first-order valence-corrected chi connectivity index (χ1v) is 9.78. The van der Waals surface area contributed by atoms with Crippen molar-refractivity contribution in [2.24, 2.45) is 4.99 Å². The first-order valence-electron chi connectivity index (χ1n) is 8.96. The number of aromatic nitrogens is 1. The lowest BCUT2D eigenvalue weighted by Gasteiger charge is -2.26. The standard InChI is InChI=1S/C19H27N5OS.HI/c1-15-11-21-18(26-15)13-23-19(20-2)22-12-16-3-5-17(6-4-16)14-24-7-9-25-10-8-24;/h3-6,11H,7-10,12-14H2,1-2H3,(H2,20,22,23);1H. The van der Waals surface area contributed by atoms with Gasteiger partial charge in [-0.2, -0.15) is 0 Å². The van der Waals surface area contributed by atoms with Crippen LogP contribution < -0.4 is 10.6 Å². The maximum atomic E-state index is 5.40. The number of nitrogens with one attached hydrogen (secondary N) is 2. The summed E-state index contributed by atoms with van der Waals surface area (Å²) < 4.78 is 5.40. The van der Waals surface area contributed by atoms with Crippen molar-refractivity contribution in [1.29, 1.82) is 0 Å². The number of halogens is 1. The van der Waals surface area contributed by atoms with Crippen LogP contribution in [0.5, 0.6) is 0 Å². The van der Waals surface area contributed by atoms with Crippen molar-refractivity contribution in [2.45, 2.75) is 26.6 Å². The minimum absolute atomic E-state index is 0. The van der Waals surface area contributed by atoms with Crippen LogP contribution in [0.1, 0.15) is 21.0 Å². The molecule has 0 amide bonds. The van der Waals surface area contributed by atoms with Crippen molar-refractivity contribution in [2.75, 3.05) is 33.4 Å². The van der Waals surface area contributed by atoms with Gasteiger partial charge in [0.05, 0.1) is 19.8 Å². The number of guanidine groups is 1. The quantitative estimate of drug-likeness (QED) is 0.362. The number of aliphatic imine (C=N–C) groups is 1. The third kappa shape index (κ3) is 7.36. The molecule has 0 saturated carbocycles. The summed E-state index contributed by atoms with van der Waals surface area (Å²) in [7, 11) is 1.79. The molecule has 3 rings (SSSR count). The van der Waals surface area contributed by atoms with Crippen LogP contribution in [0, 0.1) is 6.92 Å². The van der Waals surface area contributed by atoms with Gasteiger partial charge in [0.25, 0.3) is 0 Å². The number of rotatable bonds is 6. The van der Waals surface area contributed by atoms with E-state index in [0.717, 1.165) is 50.4 Å². The fourth-order valence-corrected chi connectivity index (χ4v) is 3.56. The Hall–Kier alpha value is -1.23. The van der Waals surface area contributed by atoms with E-state index in [4.69, 9.17) is 4.74 Å². The fraction of sp³-hybridized carbons (Fsp3) is 0.474. The lowest BCUT2D eigenvalue weighted by Crippen LogP contribution is -2.36. The van der Waals surface area contributed by atoms with E-state index in [1.807, 2.05) is 6.20 Å². The summed E-state index contributed by atoms with van der Waals surface area (Å²) in [6.07, 6.45) is 1.90. The summed E-state index contributed by atoms with van der Waals surface area (Å²) >= 11 is 1.70. The van der Waals surface area contributed by atoms with E-state index >= 15 is 0 Å². The molecule has 1 aliphatic rings. The number of thiazole rings is 1. The van der Waals surface area contributed by atoms with Gasteiger partial charge in [-0.15, -0.1) is 35.3 Å². The predicted molar refractivity (Wildman–Crippen MR) is 122 cm³/mol. The highest BCUT2D eigenvalue weighted by Gasteiger charge is 2.10. The summed E-state index contributed by atoms with van der Waals surface area (Å²) in [5, 5.41) is 7.72. The van der Waals surface area contributed by atoms with E-state index in [0.29, 0.717) is 6.54 Å². The summed E-state index contributed by atoms with van der Waals surface area (Å²) in [6, 6.07) is 8.78. The summed E-state index contributed by atoms with van der Waals surface area (Å²) in [5.74, 6) is 0.787. The highest BCUT2D eigenvalue weighted by molar-refractivity contribution is 14.0. The van der Waals surface area contributed by atoms with Gasteiger partial charge in [0, 0.05) is 44.3 Å². The molecule has 1 saturated heterocycles. The van der Waals surface area contributed by atoms with Crippen molar-refractivity contribution >= 4 is 41.3 Å². The molecule has 0 spiro atoms. The van der Waals surface area contributed by atoms with Crippen molar-refractivity contribution < 1.29 is 4.74 Å². The van der Waals surface area contributed by atoms with Crippen molar-refractivity contribution in [3.8, 4) is 0 Å². The van der Waals surface area contributed by atoms with Gasteiger partial charge < -0.3 is 15.4 Å². The van der Waals surface area contributed by atoms with Gasteiger partial charge in [-0.25, -0.2) is 4.98 Å². The first kappa shape index (κ1) is 22.1. The van der Waals surface area contributed by atoms with Crippen molar-refractivity contribution in [3.05, 3.63) is 51.5 Å². The zero-order chi connectivity index (χ0) is 18.2. The number of hydrogen-bond acceptors (Lipinski definition) is 5. The Morgan fingerprint density at radius 1 is 1.15 bits per heavy atom. The number of nitrogens with zero attached hydrogens (tertiary/aromatic N) is 3. The molecule has 8 heteroatoms. The smallest absolute Gasteiger partial charge is 0.191 e. The summed E-state index contributed by atoms with van der Waals surface area (Å²) in [4.78, 5) is 12.3. The molecule has 148 valence electrons. The number of benzene rings is 1. The molecule has 2 heterocycles. The molecule has 0 bridgehead atoms. The second-order valence-corrected chi connectivity index (χ2v) is 7.67. The molecule has 27 heavy (non-hydrogen) atoms. The largest absolute Gasteiger partial charge is 0.379 e. The van der Waals surface area contributed by atoms with Crippen LogP contribution in [0.15, 0.2) is 35.5 Å². The molecule has 0 unspecified atom stereocenters. The zero-order valence-corrected chi connectivity index (χ0v) is 19.0. The van der Waals surface area contributed by atoms with E-state index in [1.165, 1.54) is 16.0 Å². The highest BCUT2D eigenvalue weighted by Crippen LogP contribution is 2.11. The second-order valence-electron chi connectivity index (χ2n) is 6.35. The Kier molecular flexibility index (Phi) is 9.46. The first-order chi connectivity index (χ1) is 12.7. The van der Waals surface area contributed by atoms with Gasteiger partial charge >= 0.3 is 0 Å². The molecule has 0 atom stereocenters. The Labute approximate surface area is 182 Å². The van der Waals surface area contributed by atoms with Gasteiger partial charge in [-0.1, -0.05) is 24.3 Å². The Morgan fingerprint density at radius 2 is 1.81 bits per heavy atom. The third-order valence-electron chi connectivity index (χ3n) is 4.29. The molecule has 2 N–H and O–H groups in total. The lowest BCUT2D eigenvalue weighted by molar-refractivity contribution is 0.0342. The van der Waals surface area contributed by atoms with Crippen LogP contribution in [-0.4, -0.2) is 49.2 Å². The molecule has 6 nitrogen and oxygen atoms in total. The minimum Gasteiger partial charge on any atom is -0.379 e. The molecule has 0 aliphatic carbocycles. The normalized spacial score (nSPS) is 15.3. The topological polar surface area (TPSA) is 61.8 Å². The van der Waals surface area contributed by atoms with Gasteiger partial charge in [0.2, 0.25) is 0 Å². The van der Waals surface area contributed by atoms with E-state index in [2.05, 4.69) is 56.7 Å². The second kappa shape index (κ2) is 11.6. The highest BCUT2D eigenvalue weighted by atomic mass is 127. The average molecular weight is 501 g/mol. The Balaban J connectivity index is 0.00000261. The van der Waals surface area contributed by atoms with Gasteiger partial charge in [0.1, 0.15) is 5.01 Å². The van der Waals surface area contributed by atoms with Crippen molar-refractivity contribution in [1.82, 2.24) is 20.5 Å². The van der Waals surface area contributed by atoms with Crippen LogP contribution in [0.3, 0.4) is 0 Å². The molecule has 2 aromatic rings. The van der Waals surface area contributed by atoms with Crippen molar-refractivity contribution in [3.63, 3.8) is 0 Å². The van der Waals surface area contributed by atoms with Gasteiger partial charge in [-0.05, 0) is 18.1 Å². The number of morpholine rings is 1. The summed E-state index contributed by atoms with van der Waals surface area (Å²) in [6.45, 7) is 8.22. The molecular weight excluding hydrogens is 473 g/mol. The third-order valence-corrected chi connectivity index (χ3v) is 5.21. The Morgan fingerprint density at radius 3 is 2.44 bits per heavy atom. The number of ether oxygens (including phenoxy) is 1. The molecule has 1 aromatic heterocycles. The van der Waals surface area contributed by atoms with Crippen LogP contribution in [0.2, 0.25) is 0 Å². The van der Waals surface area contributed by atoms with Crippen LogP contribution in [-0.2, 0) is 24.4 Å². The van der Waals surface area contributed by atoms with Crippen LogP contribution in [0.25, 0.3) is 0 Å². The molecule has 1 aromatic carbocycles. The van der Waals surface area contributed by atoms with Gasteiger partial charge in [0.15, 0.2) is 5.96 Å². The molecule has 1 fully saturated rings. The van der Waals surface area contributed by atoms with Crippen LogP contribution in [0.4, 0.5) is 0 Å². The number of aryl methyl sites for hydroxylation is 1.